The summed E-state index contributed by atoms with van der Waals surface area (Å²) < 4.78 is 26.0. The van der Waals surface area contributed by atoms with Crippen LogP contribution >= 0.6 is 0 Å². The second-order valence-corrected chi connectivity index (χ2v) is 4.27. The van der Waals surface area contributed by atoms with Crippen molar-refractivity contribution >= 4 is 5.91 Å². The molecule has 0 radical (unpaired) electrons. The van der Waals surface area contributed by atoms with E-state index < -0.39 is 11.6 Å². The molecule has 1 rings (SSSR count). The van der Waals surface area contributed by atoms with Gasteiger partial charge in [-0.3, -0.25) is 4.79 Å². The van der Waals surface area contributed by atoms with Crippen LogP contribution in [0.5, 0.6) is 0 Å². The first-order chi connectivity index (χ1) is 8.52. The Bertz CT molecular complexity index is 410. The molecule has 0 aliphatic heterocycles. The number of halogens is 2. The summed E-state index contributed by atoms with van der Waals surface area (Å²) in [5, 5.41) is 2.63. The summed E-state index contributed by atoms with van der Waals surface area (Å²) in [4.78, 5) is 11.5. The number of nitrogens with two attached hydrogens (primary N) is 1. The minimum absolute atomic E-state index is 0.0861. The number of carbonyl (C=O) groups excluding carboxylic acids is 1. The molecule has 0 heterocycles. The Morgan fingerprint density at radius 3 is 2.78 bits per heavy atom. The van der Waals surface area contributed by atoms with E-state index in [-0.39, 0.29) is 23.9 Å². The number of carbonyl (C=O) groups is 1. The summed E-state index contributed by atoms with van der Waals surface area (Å²) in [5.41, 5.74) is 5.92. The summed E-state index contributed by atoms with van der Waals surface area (Å²) in [6.45, 7) is 2.38. The Labute approximate surface area is 105 Å². The van der Waals surface area contributed by atoms with Gasteiger partial charge in [-0.1, -0.05) is 19.4 Å². The van der Waals surface area contributed by atoms with Gasteiger partial charge in [0.1, 0.15) is 11.6 Å². The molecular formula is C13H18F2N2O. The smallest absolute Gasteiger partial charge is 0.224 e. The maximum absolute atomic E-state index is 13.3. The van der Waals surface area contributed by atoms with Crippen LogP contribution in [0.4, 0.5) is 8.78 Å². The lowest BCUT2D eigenvalue weighted by Gasteiger charge is -2.11. The highest BCUT2D eigenvalue weighted by Crippen LogP contribution is 2.09. The molecule has 1 atom stereocenters. The van der Waals surface area contributed by atoms with Gasteiger partial charge < -0.3 is 11.1 Å². The van der Waals surface area contributed by atoms with E-state index in [0.717, 1.165) is 25.0 Å². The van der Waals surface area contributed by atoms with Gasteiger partial charge >= 0.3 is 0 Å². The van der Waals surface area contributed by atoms with Crippen LogP contribution in [0.15, 0.2) is 18.2 Å². The lowest BCUT2D eigenvalue weighted by molar-refractivity contribution is -0.120. The minimum Gasteiger partial charge on any atom is -0.354 e. The molecule has 0 aliphatic rings. The zero-order valence-corrected chi connectivity index (χ0v) is 10.4. The van der Waals surface area contributed by atoms with Gasteiger partial charge in [0.05, 0.1) is 6.42 Å². The molecule has 0 saturated heterocycles. The maximum atomic E-state index is 13.3. The van der Waals surface area contributed by atoms with Crippen molar-refractivity contribution in [1.29, 1.82) is 0 Å². The molecule has 0 aromatic heterocycles. The standard InChI is InChI=1S/C13H18F2N2O/c1-2-3-11(16)8-17-13(18)6-9-4-5-10(14)7-12(9)15/h4-5,7,11H,2-3,6,8,16H2,1H3,(H,17,18). The first kappa shape index (κ1) is 14.6. The van der Waals surface area contributed by atoms with Gasteiger partial charge in [0, 0.05) is 18.7 Å². The summed E-state index contributed by atoms with van der Waals surface area (Å²) >= 11 is 0. The van der Waals surface area contributed by atoms with Crippen LogP contribution in [0.3, 0.4) is 0 Å². The fraction of sp³-hybridized carbons (Fsp3) is 0.462. The Balaban J connectivity index is 2.44. The van der Waals surface area contributed by atoms with E-state index in [0.29, 0.717) is 6.54 Å². The van der Waals surface area contributed by atoms with Crippen molar-refractivity contribution in [3.8, 4) is 0 Å². The molecular weight excluding hydrogens is 238 g/mol. The fourth-order valence-electron chi connectivity index (χ4n) is 1.62. The monoisotopic (exact) mass is 256 g/mol. The number of hydrogen-bond donors (Lipinski definition) is 2. The minimum atomic E-state index is -0.706. The molecule has 0 spiro atoms. The van der Waals surface area contributed by atoms with E-state index in [1.807, 2.05) is 6.92 Å². The van der Waals surface area contributed by atoms with Gasteiger partial charge in [0.25, 0.3) is 0 Å². The van der Waals surface area contributed by atoms with Gasteiger partial charge in [-0.05, 0) is 18.1 Å². The maximum Gasteiger partial charge on any atom is 0.224 e. The second kappa shape index (κ2) is 7.06. The van der Waals surface area contributed by atoms with E-state index in [4.69, 9.17) is 5.73 Å². The molecule has 0 aliphatic carbocycles. The van der Waals surface area contributed by atoms with Crippen molar-refractivity contribution < 1.29 is 13.6 Å². The van der Waals surface area contributed by atoms with Crippen LogP contribution in [0.2, 0.25) is 0 Å². The van der Waals surface area contributed by atoms with Crippen LogP contribution in [-0.2, 0) is 11.2 Å². The zero-order valence-electron chi connectivity index (χ0n) is 10.4. The Morgan fingerprint density at radius 1 is 1.44 bits per heavy atom. The van der Waals surface area contributed by atoms with E-state index >= 15 is 0 Å². The van der Waals surface area contributed by atoms with Crippen LogP contribution < -0.4 is 11.1 Å². The molecule has 1 amide bonds. The van der Waals surface area contributed by atoms with Crippen LogP contribution in [0.25, 0.3) is 0 Å². The van der Waals surface area contributed by atoms with E-state index in [9.17, 15) is 13.6 Å². The molecule has 3 N–H and O–H groups in total. The fourth-order valence-corrected chi connectivity index (χ4v) is 1.62. The van der Waals surface area contributed by atoms with Gasteiger partial charge in [0.2, 0.25) is 5.91 Å². The number of nitrogens with one attached hydrogen (secondary N) is 1. The average Bonchev–Trinajstić information content (AvgIpc) is 2.31. The van der Waals surface area contributed by atoms with E-state index in [1.165, 1.54) is 6.07 Å². The summed E-state index contributed by atoms with van der Waals surface area (Å²) in [5.74, 6) is -1.67. The lowest BCUT2D eigenvalue weighted by Crippen LogP contribution is -2.37. The molecule has 1 aromatic carbocycles. The highest BCUT2D eigenvalue weighted by atomic mass is 19.1. The van der Waals surface area contributed by atoms with Crippen molar-refractivity contribution in [3.05, 3.63) is 35.4 Å². The third kappa shape index (κ3) is 4.79. The normalized spacial score (nSPS) is 12.2. The molecule has 5 heteroatoms. The van der Waals surface area contributed by atoms with Crippen molar-refractivity contribution in [2.75, 3.05) is 6.54 Å². The van der Waals surface area contributed by atoms with Gasteiger partial charge in [0.15, 0.2) is 0 Å². The van der Waals surface area contributed by atoms with Crippen LogP contribution in [0, 0.1) is 11.6 Å². The zero-order chi connectivity index (χ0) is 13.5. The predicted octanol–water partition coefficient (Wildman–Crippen LogP) is 1.75. The first-order valence-electron chi connectivity index (χ1n) is 5.99. The Hall–Kier alpha value is -1.49. The number of amides is 1. The van der Waals surface area contributed by atoms with Gasteiger partial charge in [-0.2, -0.15) is 0 Å². The van der Waals surface area contributed by atoms with Crippen molar-refractivity contribution in [3.63, 3.8) is 0 Å². The van der Waals surface area contributed by atoms with Gasteiger partial charge in [-0.25, -0.2) is 8.78 Å². The molecule has 3 nitrogen and oxygen atoms in total. The van der Waals surface area contributed by atoms with E-state index in [2.05, 4.69) is 5.32 Å². The van der Waals surface area contributed by atoms with Crippen molar-refractivity contribution in [2.45, 2.75) is 32.2 Å². The molecule has 0 fully saturated rings. The molecule has 0 bridgehead atoms. The van der Waals surface area contributed by atoms with Gasteiger partial charge in [-0.15, -0.1) is 0 Å². The molecule has 0 saturated carbocycles. The number of hydrogen-bond acceptors (Lipinski definition) is 2. The largest absolute Gasteiger partial charge is 0.354 e. The third-order valence-corrected chi connectivity index (χ3v) is 2.59. The third-order valence-electron chi connectivity index (χ3n) is 2.59. The van der Waals surface area contributed by atoms with Crippen molar-refractivity contribution in [1.82, 2.24) is 5.32 Å². The summed E-state index contributed by atoms with van der Waals surface area (Å²) in [7, 11) is 0. The number of rotatable bonds is 6. The van der Waals surface area contributed by atoms with Crippen molar-refractivity contribution in [2.24, 2.45) is 5.73 Å². The SMILES string of the molecule is CCCC(N)CNC(=O)Cc1ccc(F)cc1F. The molecule has 18 heavy (non-hydrogen) atoms. The molecule has 1 unspecified atom stereocenters. The number of benzene rings is 1. The summed E-state index contributed by atoms with van der Waals surface area (Å²) in [6, 6.07) is 3.09. The molecule has 100 valence electrons. The average molecular weight is 256 g/mol. The highest BCUT2D eigenvalue weighted by Gasteiger charge is 2.10. The lowest BCUT2D eigenvalue weighted by atomic mass is 10.1. The van der Waals surface area contributed by atoms with Crippen LogP contribution in [-0.4, -0.2) is 18.5 Å². The Morgan fingerprint density at radius 2 is 2.17 bits per heavy atom. The highest BCUT2D eigenvalue weighted by molar-refractivity contribution is 5.78. The quantitative estimate of drug-likeness (QED) is 0.814. The summed E-state index contributed by atoms with van der Waals surface area (Å²) in [6.07, 6.45) is 1.67. The topological polar surface area (TPSA) is 55.1 Å². The first-order valence-corrected chi connectivity index (χ1v) is 5.99. The Kier molecular flexibility index (Phi) is 5.71. The second-order valence-electron chi connectivity index (χ2n) is 4.27. The van der Waals surface area contributed by atoms with E-state index in [1.54, 1.807) is 0 Å². The predicted molar refractivity (Wildman–Crippen MR) is 66.0 cm³/mol. The molecule has 1 aromatic rings. The van der Waals surface area contributed by atoms with Crippen LogP contribution in [0.1, 0.15) is 25.3 Å².